The molecule has 0 spiro atoms. The van der Waals surface area contributed by atoms with Crippen molar-refractivity contribution in [1.82, 2.24) is 15.0 Å². The number of rotatable bonds is 5. The van der Waals surface area contributed by atoms with Gasteiger partial charge in [-0.15, -0.1) is 0 Å². The van der Waals surface area contributed by atoms with E-state index in [9.17, 15) is 4.79 Å². The minimum Gasteiger partial charge on any atom is -0.469 e. The van der Waals surface area contributed by atoms with E-state index in [2.05, 4.69) is 19.7 Å². The molecule has 0 amide bonds. The van der Waals surface area contributed by atoms with Gasteiger partial charge in [-0.2, -0.15) is 15.0 Å². The van der Waals surface area contributed by atoms with Crippen LogP contribution in [0.5, 0.6) is 0 Å². The van der Waals surface area contributed by atoms with Crippen LogP contribution in [0.3, 0.4) is 0 Å². The Morgan fingerprint density at radius 3 is 2.71 bits per heavy atom. The molecule has 0 aliphatic rings. The Balaban J connectivity index is 2.62. The summed E-state index contributed by atoms with van der Waals surface area (Å²) >= 11 is 7.10. The van der Waals surface area contributed by atoms with E-state index in [4.69, 9.17) is 11.6 Å². The van der Waals surface area contributed by atoms with Crippen molar-refractivity contribution in [3.05, 3.63) is 5.28 Å². The van der Waals surface area contributed by atoms with Gasteiger partial charge in [-0.3, -0.25) is 4.79 Å². The normalized spacial score (nSPS) is 10.1. The van der Waals surface area contributed by atoms with Crippen LogP contribution in [0, 0.1) is 0 Å². The van der Waals surface area contributed by atoms with Gasteiger partial charge in [-0.1, -0.05) is 11.8 Å². The SMILES string of the molecule is COC(=O)CCSc1nc(Cl)nc(N(C)C)n1. The van der Waals surface area contributed by atoms with Gasteiger partial charge < -0.3 is 9.64 Å². The molecule has 6 nitrogen and oxygen atoms in total. The number of hydrogen-bond acceptors (Lipinski definition) is 7. The van der Waals surface area contributed by atoms with E-state index in [1.54, 1.807) is 4.90 Å². The second-order valence-electron chi connectivity index (χ2n) is 3.26. The predicted octanol–water partition coefficient (Wildman–Crippen LogP) is 1.25. The number of nitrogens with zero attached hydrogens (tertiary/aromatic N) is 4. The first-order valence-electron chi connectivity index (χ1n) is 4.81. The van der Waals surface area contributed by atoms with Gasteiger partial charge >= 0.3 is 5.97 Å². The Kier molecular flexibility index (Phi) is 5.43. The molecule has 0 unspecified atom stereocenters. The molecule has 17 heavy (non-hydrogen) atoms. The fourth-order valence-electron chi connectivity index (χ4n) is 0.914. The van der Waals surface area contributed by atoms with Gasteiger partial charge in [-0.25, -0.2) is 0 Å². The molecule has 0 radical (unpaired) electrons. The van der Waals surface area contributed by atoms with Crippen molar-refractivity contribution in [2.75, 3.05) is 31.9 Å². The van der Waals surface area contributed by atoms with Crippen molar-refractivity contribution in [3.8, 4) is 0 Å². The molecule has 0 bridgehead atoms. The maximum absolute atomic E-state index is 10.9. The van der Waals surface area contributed by atoms with Crippen molar-refractivity contribution in [2.24, 2.45) is 0 Å². The summed E-state index contributed by atoms with van der Waals surface area (Å²) in [6.07, 6.45) is 0.307. The first kappa shape index (κ1) is 14.0. The average Bonchev–Trinajstić information content (AvgIpc) is 2.28. The van der Waals surface area contributed by atoms with Gasteiger partial charge in [-0.05, 0) is 11.6 Å². The minimum atomic E-state index is -0.259. The van der Waals surface area contributed by atoms with E-state index < -0.39 is 0 Å². The summed E-state index contributed by atoms with van der Waals surface area (Å²) in [6.45, 7) is 0. The third-order valence-corrected chi connectivity index (χ3v) is 2.76. The van der Waals surface area contributed by atoms with Crippen LogP contribution in [0.15, 0.2) is 5.16 Å². The van der Waals surface area contributed by atoms with E-state index >= 15 is 0 Å². The van der Waals surface area contributed by atoms with Crippen LogP contribution >= 0.6 is 23.4 Å². The maximum Gasteiger partial charge on any atom is 0.306 e. The summed E-state index contributed by atoms with van der Waals surface area (Å²) in [6, 6.07) is 0. The van der Waals surface area contributed by atoms with E-state index in [0.717, 1.165) is 0 Å². The van der Waals surface area contributed by atoms with Gasteiger partial charge in [0.15, 0.2) is 5.16 Å². The molecule has 8 heteroatoms. The summed E-state index contributed by atoms with van der Waals surface area (Å²) in [5.41, 5.74) is 0. The lowest BCUT2D eigenvalue weighted by molar-refractivity contribution is -0.140. The van der Waals surface area contributed by atoms with Crippen molar-refractivity contribution >= 4 is 35.3 Å². The lowest BCUT2D eigenvalue weighted by Crippen LogP contribution is -2.14. The van der Waals surface area contributed by atoms with Gasteiger partial charge in [0.1, 0.15) is 0 Å². The second kappa shape index (κ2) is 6.61. The Morgan fingerprint density at radius 2 is 2.12 bits per heavy atom. The van der Waals surface area contributed by atoms with Crippen molar-refractivity contribution in [1.29, 1.82) is 0 Å². The number of carbonyl (C=O) groups excluding carboxylic acids is 1. The van der Waals surface area contributed by atoms with Crippen LogP contribution in [-0.2, 0) is 9.53 Å². The number of thioether (sulfide) groups is 1. The lowest BCUT2D eigenvalue weighted by Gasteiger charge is -2.10. The highest BCUT2D eigenvalue weighted by molar-refractivity contribution is 7.99. The summed E-state index contributed by atoms with van der Waals surface area (Å²) in [7, 11) is 4.99. The lowest BCUT2D eigenvalue weighted by atomic mass is 10.5. The predicted molar refractivity (Wildman–Crippen MR) is 66.5 cm³/mol. The monoisotopic (exact) mass is 276 g/mol. The maximum atomic E-state index is 10.9. The Bertz CT molecular complexity index is 403. The molecule has 1 rings (SSSR count). The number of anilines is 1. The largest absolute Gasteiger partial charge is 0.469 e. The van der Waals surface area contributed by atoms with Crippen LogP contribution in [0.4, 0.5) is 5.95 Å². The quantitative estimate of drug-likeness (QED) is 0.592. The molecule has 0 atom stereocenters. The molecule has 0 aliphatic carbocycles. The van der Waals surface area contributed by atoms with E-state index in [-0.39, 0.29) is 11.3 Å². The second-order valence-corrected chi connectivity index (χ2v) is 4.66. The highest BCUT2D eigenvalue weighted by atomic mass is 35.5. The van der Waals surface area contributed by atoms with Crippen LogP contribution < -0.4 is 4.90 Å². The van der Waals surface area contributed by atoms with E-state index in [0.29, 0.717) is 23.3 Å². The molecular weight excluding hydrogens is 264 g/mol. The first-order chi connectivity index (χ1) is 8.02. The minimum absolute atomic E-state index is 0.143. The topological polar surface area (TPSA) is 68.2 Å². The standard InChI is InChI=1S/C9H13ClN4O2S/c1-14(2)8-11-7(10)12-9(13-8)17-5-4-6(15)16-3/h4-5H2,1-3H3. The summed E-state index contributed by atoms with van der Waals surface area (Å²) in [5, 5.41) is 0.641. The third-order valence-electron chi connectivity index (χ3n) is 1.74. The number of aromatic nitrogens is 3. The van der Waals surface area contributed by atoms with E-state index in [1.807, 2.05) is 14.1 Å². The van der Waals surface area contributed by atoms with Crippen molar-refractivity contribution < 1.29 is 9.53 Å². The van der Waals surface area contributed by atoms with Crippen molar-refractivity contribution in [3.63, 3.8) is 0 Å². The summed E-state index contributed by atoms with van der Waals surface area (Å²) < 4.78 is 4.53. The molecule has 0 fully saturated rings. The summed E-state index contributed by atoms with van der Waals surface area (Å²) in [5.74, 6) is 0.774. The highest BCUT2D eigenvalue weighted by Gasteiger charge is 2.08. The molecule has 1 aromatic heterocycles. The molecule has 0 N–H and O–H groups in total. The Hall–Kier alpha value is -1.08. The van der Waals surface area contributed by atoms with E-state index in [1.165, 1.54) is 18.9 Å². The molecule has 0 saturated heterocycles. The number of carbonyl (C=O) groups is 1. The van der Waals surface area contributed by atoms with Crippen LogP contribution in [-0.4, -0.2) is 47.9 Å². The smallest absolute Gasteiger partial charge is 0.306 e. The fraction of sp³-hybridized carbons (Fsp3) is 0.556. The zero-order valence-electron chi connectivity index (χ0n) is 9.81. The Labute approximate surface area is 109 Å². The molecular formula is C9H13ClN4O2S. The number of ether oxygens (including phenoxy) is 1. The molecule has 0 saturated carbocycles. The molecule has 0 aliphatic heterocycles. The third kappa shape index (κ3) is 4.74. The van der Waals surface area contributed by atoms with Crippen molar-refractivity contribution in [2.45, 2.75) is 11.6 Å². The van der Waals surface area contributed by atoms with Gasteiger partial charge in [0.05, 0.1) is 13.5 Å². The zero-order chi connectivity index (χ0) is 12.8. The van der Waals surface area contributed by atoms with Crippen LogP contribution in [0.1, 0.15) is 6.42 Å². The van der Waals surface area contributed by atoms with Crippen LogP contribution in [0.2, 0.25) is 5.28 Å². The van der Waals surface area contributed by atoms with Gasteiger partial charge in [0.25, 0.3) is 0 Å². The summed E-state index contributed by atoms with van der Waals surface area (Å²) in [4.78, 5) is 24.8. The number of hydrogen-bond donors (Lipinski definition) is 0. The zero-order valence-corrected chi connectivity index (χ0v) is 11.4. The van der Waals surface area contributed by atoms with Crippen LogP contribution in [0.25, 0.3) is 0 Å². The molecule has 94 valence electrons. The highest BCUT2D eigenvalue weighted by Crippen LogP contribution is 2.18. The number of methoxy groups -OCH3 is 1. The molecule has 0 aromatic carbocycles. The number of halogens is 1. The van der Waals surface area contributed by atoms with Gasteiger partial charge in [0.2, 0.25) is 11.2 Å². The number of esters is 1. The van der Waals surface area contributed by atoms with Gasteiger partial charge in [0, 0.05) is 19.8 Å². The molecule has 1 aromatic rings. The first-order valence-corrected chi connectivity index (χ1v) is 6.18. The molecule has 1 heterocycles. The average molecular weight is 277 g/mol. The fourth-order valence-corrected chi connectivity index (χ4v) is 1.87. The Morgan fingerprint density at radius 1 is 1.41 bits per heavy atom.